The van der Waals surface area contributed by atoms with Gasteiger partial charge in [0.15, 0.2) is 11.5 Å². The number of alkyl halides is 3. The number of nitrogens with one attached hydrogen (secondary N) is 1. The number of ether oxygens (including phenoxy) is 3. The summed E-state index contributed by atoms with van der Waals surface area (Å²) in [5, 5.41) is 2.71. The van der Waals surface area contributed by atoms with Gasteiger partial charge in [-0.1, -0.05) is 23.2 Å². The fourth-order valence-corrected chi connectivity index (χ4v) is 2.91. The Balaban J connectivity index is 1.87. The van der Waals surface area contributed by atoms with Crippen LogP contribution in [0.2, 0.25) is 10.0 Å². The van der Waals surface area contributed by atoms with Crippen molar-refractivity contribution in [3.8, 4) is 11.5 Å². The topological polar surface area (TPSA) is 69.7 Å². The zero-order valence-electron chi connectivity index (χ0n) is 14.1. The van der Waals surface area contributed by atoms with Crippen LogP contribution in [-0.4, -0.2) is 36.6 Å². The number of hydrogen-bond donors (Lipinski definition) is 1. The Morgan fingerprint density at radius 3 is 2.54 bits per heavy atom. The van der Waals surface area contributed by atoms with Crippen LogP contribution in [0.3, 0.4) is 0 Å². The SMILES string of the molecule is O=C(Nc1c(Cl)cncc1Cl)c1ccc(OC(F)(F)F)c(OC2CCOC2)c1. The Kier molecular flexibility index (Phi) is 6.17. The molecule has 1 unspecified atom stereocenters. The zero-order chi connectivity index (χ0) is 20.3. The van der Waals surface area contributed by atoms with Gasteiger partial charge in [0.05, 0.1) is 28.9 Å². The van der Waals surface area contributed by atoms with Gasteiger partial charge in [-0.25, -0.2) is 0 Å². The molecule has 1 fully saturated rings. The standard InChI is InChI=1S/C17H13Cl2F3N2O4/c18-11-6-23-7-12(19)15(11)24-16(25)9-1-2-13(28-17(20,21)22)14(5-9)27-10-3-4-26-8-10/h1-2,5-7,10H,3-4,8H2,(H,23,24,25). The summed E-state index contributed by atoms with van der Waals surface area (Å²) in [5.74, 6) is -1.44. The first-order valence-electron chi connectivity index (χ1n) is 7.97. The van der Waals surface area contributed by atoms with Crippen molar-refractivity contribution in [1.82, 2.24) is 4.98 Å². The van der Waals surface area contributed by atoms with Crippen LogP contribution in [0, 0.1) is 0 Å². The van der Waals surface area contributed by atoms with Crippen molar-refractivity contribution in [2.24, 2.45) is 0 Å². The molecule has 0 spiro atoms. The lowest BCUT2D eigenvalue weighted by Crippen LogP contribution is -2.21. The third kappa shape index (κ3) is 5.18. The Labute approximate surface area is 167 Å². The fraction of sp³-hybridized carbons (Fsp3) is 0.294. The van der Waals surface area contributed by atoms with E-state index in [-0.39, 0.29) is 33.7 Å². The van der Waals surface area contributed by atoms with Crippen LogP contribution in [0.25, 0.3) is 0 Å². The number of pyridine rings is 1. The van der Waals surface area contributed by atoms with Gasteiger partial charge in [-0.3, -0.25) is 9.78 Å². The van der Waals surface area contributed by atoms with E-state index in [1.54, 1.807) is 0 Å². The molecule has 0 bridgehead atoms. The Hall–Kier alpha value is -2.23. The van der Waals surface area contributed by atoms with E-state index in [1.165, 1.54) is 12.4 Å². The predicted octanol–water partition coefficient (Wildman–Crippen LogP) is 4.71. The zero-order valence-corrected chi connectivity index (χ0v) is 15.6. The summed E-state index contributed by atoms with van der Waals surface area (Å²) >= 11 is 11.9. The Morgan fingerprint density at radius 2 is 1.93 bits per heavy atom. The third-order valence-corrected chi connectivity index (χ3v) is 4.28. The quantitative estimate of drug-likeness (QED) is 0.734. The number of carbonyl (C=O) groups is 1. The maximum atomic E-state index is 12.7. The summed E-state index contributed by atoms with van der Waals surface area (Å²) in [6.45, 7) is 0.656. The second-order valence-electron chi connectivity index (χ2n) is 5.75. The molecule has 28 heavy (non-hydrogen) atoms. The number of carbonyl (C=O) groups excluding carboxylic acids is 1. The highest BCUT2D eigenvalue weighted by Gasteiger charge is 2.33. The molecule has 6 nitrogen and oxygen atoms in total. The first-order chi connectivity index (χ1) is 13.2. The molecular weight excluding hydrogens is 424 g/mol. The highest BCUT2D eigenvalue weighted by molar-refractivity contribution is 6.39. The molecular formula is C17H13Cl2F3N2O4. The van der Waals surface area contributed by atoms with E-state index in [4.69, 9.17) is 32.7 Å². The first kappa shape index (κ1) is 20.5. The smallest absolute Gasteiger partial charge is 0.484 e. The molecule has 1 aromatic heterocycles. The summed E-state index contributed by atoms with van der Waals surface area (Å²) in [5.41, 5.74) is 0.151. The van der Waals surface area contributed by atoms with Crippen LogP contribution in [0.5, 0.6) is 11.5 Å². The van der Waals surface area contributed by atoms with Crippen molar-refractivity contribution in [1.29, 1.82) is 0 Å². The number of aromatic nitrogens is 1. The second-order valence-corrected chi connectivity index (χ2v) is 6.56. The fourth-order valence-electron chi connectivity index (χ4n) is 2.45. The van der Waals surface area contributed by atoms with Gasteiger partial charge >= 0.3 is 6.36 Å². The number of halogens is 5. The molecule has 11 heteroatoms. The first-order valence-corrected chi connectivity index (χ1v) is 8.73. The van der Waals surface area contributed by atoms with Crippen LogP contribution in [0.4, 0.5) is 18.9 Å². The van der Waals surface area contributed by atoms with Gasteiger partial charge in [0, 0.05) is 24.4 Å². The van der Waals surface area contributed by atoms with Crippen molar-refractivity contribution < 1.29 is 32.2 Å². The van der Waals surface area contributed by atoms with Gasteiger partial charge in [0.25, 0.3) is 5.91 Å². The third-order valence-electron chi connectivity index (χ3n) is 3.71. The summed E-state index contributed by atoms with van der Waals surface area (Å²) < 4.78 is 52.6. The van der Waals surface area contributed by atoms with Crippen LogP contribution >= 0.6 is 23.2 Å². The van der Waals surface area contributed by atoms with E-state index in [0.717, 1.165) is 18.2 Å². The van der Waals surface area contributed by atoms with Gasteiger partial charge in [0.2, 0.25) is 0 Å². The lowest BCUT2D eigenvalue weighted by molar-refractivity contribution is -0.275. The minimum Gasteiger partial charge on any atom is -0.484 e. The van der Waals surface area contributed by atoms with Crippen LogP contribution in [-0.2, 0) is 4.74 Å². The molecule has 1 saturated heterocycles. The van der Waals surface area contributed by atoms with Crippen LogP contribution in [0.1, 0.15) is 16.8 Å². The molecule has 1 aromatic carbocycles. The monoisotopic (exact) mass is 436 g/mol. The largest absolute Gasteiger partial charge is 0.573 e. The number of nitrogens with zero attached hydrogens (tertiary/aromatic N) is 1. The Morgan fingerprint density at radius 1 is 1.21 bits per heavy atom. The van der Waals surface area contributed by atoms with Crippen molar-refractivity contribution in [3.05, 3.63) is 46.2 Å². The molecule has 2 heterocycles. The number of benzene rings is 1. The average Bonchev–Trinajstić information content (AvgIpc) is 3.11. The van der Waals surface area contributed by atoms with Crippen molar-refractivity contribution >= 4 is 34.8 Å². The minimum absolute atomic E-state index is 0.0207. The highest BCUT2D eigenvalue weighted by atomic mass is 35.5. The minimum atomic E-state index is -4.91. The second kappa shape index (κ2) is 8.42. The normalized spacial score (nSPS) is 16.7. The van der Waals surface area contributed by atoms with Crippen molar-refractivity contribution in [2.45, 2.75) is 18.9 Å². The summed E-state index contributed by atoms with van der Waals surface area (Å²) in [6, 6.07) is 3.32. The van der Waals surface area contributed by atoms with Gasteiger partial charge < -0.3 is 19.5 Å². The van der Waals surface area contributed by atoms with E-state index in [1.807, 2.05) is 0 Å². The molecule has 3 rings (SSSR count). The highest BCUT2D eigenvalue weighted by Crippen LogP contribution is 2.35. The summed E-state index contributed by atoms with van der Waals surface area (Å²) in [4.78, 5) is 16.3. The molecule has 2 aromatic rings. The summed E-state index contributed by atoms with van der Waals surface area (Å²) in [6.07, 6.45) is -2.27. The van der Waals surface area contributed by atoms with E-state index < -0.39 is 24.1 Å². The molecule has 1 aliphatic rings. The lowest BCUT2D eigenvalue weighted by atomic mass is 10.1. The molecule has 1 aliphatic heterocycles. The van der Waals surface area contributed by atoms with Crippen LogP contribution < -0.4 is 14.8 Å². The van der Waals surface area contributed by atoms with Gasteiger partial charge in [0.1, 0.15) is 6.10 Å². The molecule has 1 atom stereocenters. The van der Waals surface area contributed by atoms with Crippen LogP contribution in [0.15, 0.2) is 30.6 Å². The molecule has 0 saturated carbocycles. The molecule has 0 radical (unpaired) electrons. The summed E-state index contributed by atoms with van der Waals surface area (Å²) in [7, 11) is 0. The molecule has 1 N–H and O–H groups in total. The maximum absolute atomic E-state index is 12.7. The van der Waals surface area contributed by atoms with E-state index in [0.29, 0.717) is 13.0 Å². The van der Waals surface area contributed by atoms with Gasteiger partial charge in [-0.2, -0.15) is 0 Å². The average molecular weight is 437 g/mol. The van der Waals surface area contributed by atoms with Gasteiger partial charge in [-0.05, 0) is 18.2 Å². The van der Waals surface area contributed by atoms with Crippen molar-refractivity contribution in [2.75, 3.05) is 18.5 Å². The van der Waals surface area contributed by atoms with E-state index in [2.05, 4.69) is 15.0 Å². The lowest BCUT2D eigenvalue weighted by Gasteiger charge is -2.18. The maximum Gasteiger partial charge on any atom is 0.573 e. The van der Waals surface area contributed by atoms with Crippen molar-refractivity contribution in [3.63, 3.8) is 0 Å². The van der Waals surface area contributed by atoms with E-state index in [9.17, 15) is 18.0 Å². The van der Waals surface area contributed by atoms with Gasteiger partial charge in [-0.15, -0.1) is 13.2 Å². The number of rotatable bonds is 5. The molecule has 0 aliphatic carbocycles. The molecule has 1 amide bonds. The Bertz CT molecular complexity index is 854. The number of amides is 1. The molecule has 150 valence electrons. The van der Waals surface area contributed by atoms with E-state index >= 15 is 0 Å². The predicted molar refractivity (Wildman–Crippen MR) is 95.2 cm³/mol. The number of hydrogen-bond acceptors (Lipinski definition) is 5. The number of anilines is 1.